The third kappa shape index (κ3) is 4.60. The van der Waals surface area contributed by atoms with Crippen LogP contribution in [-0.2, 0) is 18.8 Å². The van der Waals surface area contributed by atoms with Crippen molar-refractivity contribution in [2.75, 3.05) is 13.2 Å². The topological polar surface area (TPSA) is 66.9 Å². The van der Waals surface area contributed by atoms with Gasteiger partial charge in [0.2, 0.25) is 5.88 Å². The quantitative estimate of drug-likeness (QED) is 0.436. The highest BCUT2D eigenvalue weighted by atomic mass is 32.1. The molecule has 1 saturated carbocycles. The highest BCUT2D eigenvalue weighted by Gasteiger charge is 2.55. The van der Waals surface area contributed by atoms with Gasteiger partial charge in [-0.2, -0.15) is 4.37 Å². The Morgan fingerprint density at radius 1 is 1.27 bits per heavy atom. The molecule has 6 nitrogen and oxygen atoms in total. The van der Waals surface area contributed by atoms with Crippen molar-refractivity contribution in [2.24, 2.45) is 5.41 Å². The molecule has 1 aliphatic heterocycles. The lowest BCUT2D eigenvalue weighted by Crippen LogP contribution is -2.43. The number of esters is 1. The molecule has 0 N–H and O–H groups in total. The Bertz CT molecular complexity index is 766. The SMILES string of the molecule is C=C(C)c1cc(OCC2(C(=O)OCC)CCC(B3OC(C)(C)C(C)(C)O3)CC2)ns1. The molecule has 0 unspecified atom stereocenters. The average molecular weight is 435 g/mol. The van der Waals surface area contributed by atoms with Crippen molar-refractivity contribution < 1.29 is 23.6 Å². The summed E-state index contributed by atoms with van der Waals surface area (Å²) >= 11 is 1.35. The van der Waals surface area contributed by atoms with Gasteiger partial charge in [-0.15, -0.1) is 0 Å². The van der Waals surface area contributed by atoms with E-state index in [1.54, 1.807) is 0 Å². The molecule has 1 saturated heterocycles. The number of carbonyl (C=O) groups excluding carboxylic acids is 1. The van der Waals surface area contributed by atoms with Gasteiger partial charge in [0.25, 0.3) is 0 Å². The third-order valence-corrected chi connectivity index (χ3v) is 7.69. The second-order valence-electron chi connectivity index (χ2n) is 9.56. The van der Waals surface area contributed by atoms with Crippen LogP contribution in [0.1, 0.15) is 72.1 Å². The van der Waals surface area contributed by atoms with Crippen molar-refractivity contribution in [3.8, 4) is 5.88 Å². The number of carbonyl (C=O) groups is 1. The molecule has 3 rings (SSSR count). The lowest BCUT2D eigenvalue weighted by molar-refractivity contribution is -0.160. The molecule has 1 aliphatic carbocycles. The van der Waals surface area contributed by atoms with Crippen LogP contribution in [0.4, 0.5) is 0 Å². The van der Waals surface area contributed by atoms with Gasteiger partial charge in [0.1, 0.15) is 12.0 Å². The molecule has 2 aliphatic rings. The summed E-state index contributed by atoms with van der Waals surface area (Å²) in [5.74, 6) is 0.602. The van der Waals surface area contributed by atoms with Gasteiger partial charge in [0.15, 0.2) is 0 Å². The molecule has 1 aromatic heterocycles. The zero-order valence-electron chi connectivity index (χ0n) is 19.1. The number of allylic oxidation sites excluding steroid dienone is 1. The normalized spacial score (nSPS) is 27.7. The molecular weight excluding hydrogens is 401 g/mol. The fourth-order valence-corrected chi connectivity index (χ4v) is 4.58. The summed E-state index contributed by atoms with van der Waals surface area (Å²) in [6.07, 6.45) is 3.01. The van der Waals surface area contributed by atoms with Crippen molar-refractivity contribution in [3.63, 3.8) is 0 Å². The molecule has 166 valence electrons. The van der Waals surface area contributed by atoms with Crippen LogP contribution in [0, 0.1) is 5.41 Å². The Kier molecular flexibility index (Phi) is 6.70. The van der Waals surface area contributed by atoms with Crippen molar-refractivity contribution >= 4 is 30.2 Å². The van der Waals surface area contributed by atoms with Crippen LogP contribution in [0.25, 0.3) is 5.57 Å². The molecule has 0 bridgehead atoms. The number of rotatable bonds is 7. The van der Waals surface area contributed by atoms with Crippen molar-refractivity contribution in [1.82, 2.24) is 4.37 Å². The molecule has 0 atom stereocenters. The molecule has 2 heterocycles. The lowest BCUT2D eigenvalue weighted by Gasteiger charge is -2.38. The maximum atomic E-state index is 12.9. The predicted molar refractivity (Wildman–Crippen MR) is 120 cm³/mol. The second-order valence-corrected chi connectivity index (χ2v) is 10.4. The summed E-state index contributed by atoms with van der Waals surface area (Å²) in [7, 11) is -0.243. The molecule has 30 heavy (non-hydrogen) atoms. The maximum absolute atomic E-state index is 12.9. The Hall–Kier alpha value is -1.38. The van der Waals surface area contributed by atoms with Crippen molar-refractivity contribution in [2.45, 2.75) is 84.2 Å². The highest BCUT2D eigenvalue weighted by Crippen LogP contribution is 2.48. The third-order valence-electron chi connectivity index (χ3n) is 6.76. The standard InChI is InChI=1S/C22H34BNO5S/c1-8-26-19(25)22(14-27-18-13-17(15(2)3)30-24-18)11-9-16(10-12-22)23-28-20(4,5)21(6,7)29-23/h13,16H,2,8-12,14H2,1,3-7H3. The average Bonchev–Trinajstić information content (AvgIpc) is 3.23. The van der Waals surface area contributed by atoms with E-state index in [2.05, 4.69) is 38.6 Å². The Morgan fingerprint density at radius 2 is 1.87 bits per heavy atom. The lowest BCUT2D eigenvalue weighted by atomic mass is 9.59. The summed E-state index contributed by atoms with van der Waals surface area (Å²) in [5, 5.41) is 0. The van der Waals surface area contributed by atoms with Crippen LogP contribution < -0.4 is 4.74 Å². The largest absolute Gasteiger partial charge is 0.476 e. The van der Waals surface area contributed by atoms with Gasteiger partial charge in [-0.05, 0) is 77.3 Å². The van der Waals surface area contributed by atoms with E-state index < -0.39 is 5.41 Å². The van der Waals surface area contributed by atoms with Gasteiger partial charge in [0.05, 0.1) is 22.7 Å². The summed E-state index contributed by atoms with van der Waals surface area (Å²) in [6.45, 7) is 16.6. The van der Waals surface area contributed by atoms with E-state index in [-0.39, 0.29) is 36.7 Å². The van der Waals surface area contributed by atoms with Crippen molar-refractivity contribution in [1.29, 1.82) is 0 Å². The van der Waals surface area contributed by atoms with E-state index in [4.69, 9.17) is 18.8 Å². The highest BCUT2D eigenvalue weighted by molar-refractivity contribution is 7.07. The number of aromatic nitrogens is 1. The smallest absolute Gasteiger partial charge is 0.461 e. The number of ether oxygens (including phenoxy) is 2. The Morgan fingerprint density at radius 3 is 2.37 bits per heavy atom. The van der Waals surface area contributed by atoms with Gasteiger partial charge >= 0.3 is 13.1 Å². The van der Waals surface area contributed by atoms with Gasteiger partial charge < -0.3 is 18.8 Å². The number of hydrogen-bond donors (Lipinski definition) is 0. The number of hydrogen-bond acceptors (Lipinski definition) is 7. The molecule has 0 radical (unpaired) electrons. The minimum absolute atomic E-state index is 0.187. The first kappa shape index (κ1) is 23.3. The van der Waals surface area contributed by atoms with Gasteiger partial charge in [-0.25, -0.2) is 0 Å². The second kappa shape index (κ2) is 8.63. The summed E-state index contributed by atoms with van der Waals surface area (Å²) in [5.41, 5.74) is -0.404. The van der Waals surface area contributed by atoms with Crippen LogP contribution >= 0.6 is 11.5 Å². The molecule has 8 heteroatoms. The van der Waals surface area contributed by atoms with Gasteiger partial charge in [0, 0.05) is 6.07 Å². The fourth-order valence-electron chi connectivity index (χ4n) is 3.98. The monoisotopic (exact) mass is 435 g/mol. The Balaban J connectivity index is 1.67. The van der Waals surface area contributed by atoms with Crippen LogP contribution in [-0.4, -0.2) is 41.9 Å². The minimum Gasteiger partial charge on any atom is -0.476 e. The fraction of sp³-hybridized carbons (Fsp3) is 0.727. The first-order valence-corrected chi connectivity index (χ1v) is 11.6. The van der Waals surface area contributed by atoms with E-state index in [0.29, 0.717) is 25.3 Å². The van der Waals surface area contributed by atoms with E-state index in [9.17, 15) is 4.79 Å². The molecule has 0 spiro atoms. The first-order chi connectivity index (χ1) is 14.0. The first-order valence-electron chi connectivity index (χ1n) is 10.8. The maximum Gasteiger partial charge on any atom is 0.461 e. The molecule has 0 aromatic carbocycles. The molecule has 0 amide bonds. The minimum atomic E-state index is -0.664. The zero-order chi connectivity index (χ0) is 22.2. The molecule has 2 fully saturated rings. The van der Waals surface area contributed by atoms with Gasteiger partial charge in [-0.3, -0.25) is 4.79 Å². The van der Waals surface area contributed by atoms with Crippen LogP contribution in [0.15, 0.2) is 12.6 Å². The van der Waals surface area contributed by atoms with E-state index in [0.717, 1.165) is 23.3 Å². The van der Waals surface area contributed by atoms with Crippen LogP contribution in [0.5, 0.6) is 5.88 Å². The number of nitrogens with zero attached hydrogens (tertiary/aromatic N) is 1. The predicted octanol–water partition coefficient (Wildman–Crippen LogP) is 5.14. The van der Waals surface area contributed by atoms with Gasteiger partial charge in [-0.1, -0.05) is 19.4 Å². The summed E-state index contributed by atoms with van der Waals surface area (Å²) < 4.78 is 28.2. The molecular formula is C22H34BNO5S. The van der Waals surface area contributed by atoms with Crippen molar-refractivity contribution in [3.05, 3.63) is 17.5 Å². The molecule has 1 aromatic rings. The zero-order valence-corrected chi connectivity index (χ0v) is 19.9. The van der Waals surface area contributed by atoms with E-state index in [1.165, 1.54) is 11.5 Å². The Labute approximate surface area is 184 Å². The van der Waals surface area contributed by atoms with E-state index >= 15 is 0 Å². The summed E-state index contributed by atoms with van der Waals surface area (Å²) in [6, 6.07) is 1.88. The summed E-state index contributed by atoms with van der Waals surface area (Å²) in [4.78, 5) is 13.9. The van der Waals surface area contributed by atoms with Crippen LogP contribution in [0.2, 0.25) is 5.82 Å². The van der Waals surface area contributed by atoms with Crippen LogP contribution in [0.3, 0.4) is 0 Å². The van der Waals surface area contributed by atoms with E-state index in [1.807, 2.05) is 19.9 Å².